The molecule has 1 N–H and O–H groups in total. The van der Waals surface area contributed by atoms with Crippen molar-refractivity contribution in [1.82, 2.24) is 10.3 Å². The minimum absolute atomic E-state index is 0.487. The Morgan fingerprint density at radius 2 is 2.10 bits per heavy atom. The predicted molar refractivity (Wildman–Crippen MR) is 89.5 cm³/mol. The highest BCUT2D eigenvalue weighted by atomic mass is 79.9. The maximum Gasteiger partial charge on any atom is 0.101 e. The molecule has 0 amide bonds. The lowest BCUT2D eigenvalue weighted by Gasteiger charge is -2.10. The van der Waals surface area contributed by atoms with E-state index in [2.05, 4.69) is 58.3 Å². The van der Waals surface area contributed by atoms with Gasteiger partial charge < -0.3 is 5.32 Å². The van der Waals surface area contributed by atoms with Crippen LogP contribution in [-0.2, 0) is 6.54 Å². The highest BCUT2D eigenvalue weighted by Gasteiger charge is 2.05. The van der Waals surface area contributed by atoms with E-state index in [-0.39, 0.29) is 0 Å². The second-order valence-electron chi connectivity index (χ2n) is 4.72. The third-order valence-electron chi connectivity index (χ3n) is 2.63. The fraction of sp³-hybridized carbons (Fsp3) is 0.267. The van der Waals surface area contributed by atoms with Gasteiger partial charge in [0.15, 0.2) is 0 Å². The van der Waals surface area contributed by atoms with Gasteiger partial charge in [-0.2, -0.15) is 0 Å². The Kier molecular flexibility index (Phi) is 5.90. The van der Waals surface area contributed by atoms with Crippen LogP contribution in [0.15, 0.2) is 50.9 Å². The molecule has 0 atom stereocenters. The lowest BCUT2D eigenvalue weighted by Crippen LogP contribution is -2.21. The van der Waals surface area contributed by atoms with E-state index < -0.39 is 0 Å². The highest BCUT2D eigenvalue weighted by Crippen LogP contribution is 2.33. The third kappa shape index (κ3) is 4.77. The molecule has 5 heteroatoms. The van der Waals surface area contributed by atoms with E-state index in [1.54, 1.807) is 18.0 Å². The second kappa shape index (κ2) is 7.46. The van der Waals surface area contributed by atoms with Crippen LogP contribution in [0.5, 0.6) is 0 Å². The number of pyridine rings is 1. The Morgan fingerprint density at radius 3 is 2.70 bits per heavy atom. The zero-order valence-corrected chi connectivity index (χ0v) is 14.5. The first-order valence-corrected chi connectivity index (χ1v) is 8.34. The number of nitrogens with zero attached hydrogens (tertiary/aromatic N) is 1. The number of halogens is 2. The lowest BCUT2D eigenvalue weighted by molar-refractivity contribution is 0.588. The molecule has 0 aliphatic heterocycles. The van der Waals surface area contributed by atoms with E-state index >= 15 is 0 Å². The summed E-state index contributed by atoms with van der Waals surface area (Å²) in [5.74, 6) is 0. The molecule has 1 aromatic heterocycles. The molecule has 2 nitrogen and oxygen atoms in total. The molecule has 0 aliphatic rings. The Balaban J connectivity index is 2.07. The normalized spacial score (nSPS) is 11.1. The van der Waals surface area contributed by atoms with Gasteiger partial charge in [-0.1, -0.05) is 43.3 Å². The number of benzene rings is 1. The Hall–Kier alpha value is -0.550. The Labute approximate surface area is 137 Å². The largest absolute Gasteiger partial charge is 0.310 e. The van der Waals surface area contributed by atoms with Gasteiger partial charge in [0, 0.05) is 28.2 Å². The van der Waals surface area contributed by atoms with E-state index in [1.165, 1.54) is 5.56 Å². The summed E-state index contributed by atoms with van der Waals surface area (Å²) in [5.41, 5.74) is 1.26. The molecule has 0 radical (unpaired) electrons. The Morgan fingerprint density at radius 1 is 1.30 bits per heavy atom. The summed E-state index contributed by atoms with van der Waals surface area (Å²) < 4.78 is 1.09. The van der Waals surface area contributed by atoms with Crippen molar-refractivity contribution in [2.24, 2.45) is 0 Å². The van der Waals surface area contributed by atoms with Gasteiger partial charge in [-0.15, -0.1) is 0 Å². The summed E-state index contributed by atoms with van der Waals surface area (Å²) in [7, 11) is 0. The number of hydrogen-bond donors (Lipinski definition) is 1. The van der Waals surface area contributed by atoms with E-state index in [0.717, 1.165) is 20.9 Å². The van der Waals surface area contributed by atoms with Gasteiger partial charge >= 0.3 is 0 Å². The summed E-state index contributed by atoms with van der Waals surface area (Å²) in [4.78, 5) is 5.44. The van der Waals surface area contributed by atoms with Crippen molar-refractivity contribution in [2.75, 3.05) is 0 Å². The van der Waals surface area contributed by atoms with Crippen molar-refractivity contribution in [2.45, 2.75) is 36.4 Å². The van der Waals surface area contributed by atoms with E-state index in [1.807, 2.05) is 12.1 Å². The maximum absolute atomic E-state index is 5.84. The zero-order chi connectivity index (χ0) is 14.5. The average molecular weight is 372 g/mol. The van der Waals surface area contributed by atoms with Gasteiger partial charge in [0.2, 0.25) is 0 Å². The molecule has 106 valence electrons. The van der Waals surface area contributed by atoms with Gasteiger partial charge in [-0.3, -0.25) is 0 Å². The van der Waals surface area contributed by atoms with Crippen LogP contribution in [0.3, 0.4) is 0 Å². The van der Waals surface area contributed by atoms with Crippen LogP contribution in [0, 0.1) is 0 Å². The van der Waals surface area contributed by atoms with Crippen LogP contribution < -0.4 is 5.32 Å². The van der Waals surface area contributed by atoms with E-state index in [0.29, 0.717) is 11.1 Å². The first-order valence-electron chi connectivity index (χ1n) is 6.36. The summed E-state index contributed by atoms with van der Waals surface area (Å²) in [6.45, 7) is 5.16. The molecule has 0 saturated heterocycles. The molecular weight excluding hydrogens is 356 g/mol. The summed E-state index contributed by atoms with van der Waals surface area (Å²) in [5, 5.41) is 5.00. The van der Waals surface area contributed by atoms with Crippen LogP contribution in [0.2, 0.25) is 5.02 Å². The molecule has 0 aliphatic carbocycles. The Bertz CT molecular complexity index is 573. The molecule has 20 heavy (non-hydrogen) atoms. The minimum Gasteiger partial charge on any atom is -0.310 e. The number of aromatic nitrogens is 1. The van der Waals surface area contributed by atoms with Gasteiger partial charge in [-0.25, -0.2) is 4.98 Å². The summed E-state index contributed by atoms with van der Waals surface area (Å²) in [6.07, 6.45) is 1.67. The van der Waals surface area contributed by atoms with E-state index in [9.17, 15) is 0 Å². The van der Waals surface area contributed by atoms with Crippen LogP contribution in [-0.4, -0.2) is 11.0 Å². The molecular formula is C15H16BrClN2S. The van der Waals surface area contributed by atoms with Crippen LogP contribution in [0.1, 0.15) is 19.4 Å². The van der Waals surface area contributed by atoms with Gasteiger partial charge in [0.1, 0.15) is 5.03 Å². The fourth-order valence-electron chi connectivity index (χ4n) is 1.59. The summed E-state index contributed by atoms with van der Waals surface area (Å²) >= 11 is 11.1. The molecule has 1 aromatic carbocycles. The SMILES string of the molecule is CC(C)NCc1ccc(Sc2ccc(Cl)cn2)c(Br)c1. The van der Waals surface area contributed by atoms with Gasteiger partial charge in [-0.05, 0) is 45.8 Å². The number of hydrogen-bond acceptors (Lipinski definition) is 3. The number of rotatable bonds is 5. The molecule has 0 bridgehead atoms. The molecule has 2 rings (SSSR count). The highest BCUT2D eigenvalue weighted by molar-refractivity contribution is 9.10. The fourth-order valence-corrected chi connectivity index (χ4v) is 3.13. The minimum atomic E-state index is 0.487. The second-order valence-corrected chi connectivity index (χ2v) is 7.07. The van der Waals surface area contributed by atoms with Gasteiger partial charge in [0.05, 0.1) is 5.02 Å². The number of nitrogens with one attached hydrogen (secondary N) is 1. The van der Waals surface area contributed by atoms with Crippen molar-refractivity contribution < 1.29 is 0 Å². The standard InChI is InChI=1S/C15H16BrClN2S/c1-10(2)18-8-11-3-5-14(13(16)7-11)20-15-6-4-12(17)9-19-15/h3-7,9-10,18H,8H2,1-2H3. The molecule has 2 aromatic rings. The van der Waals surface area contributed by atoms with Crippen molar-refractivity contribution in [1.29, 1.82) is 0 Å². The van der Waals surface area contributed by atoms with Crippen molar-refractivity contribution >= 4 is 39.3 Å². The molecule has 0 saturated carbocycles. The van der Waals surface area contributed by atoms with Crippen molar-refractivity contribution in [3.05, 3.63) is 51.6 Å². The third-order valence-corrected chi connectivity index (χ3v) is 4.79. The smallest absolute Gasteiger partial charge is 0.101 e. The lowest BCUT2D eigenvalue weighted by atomic mass is 10.2. The van der Waals surface area contributed by atoms with Crippen LogP contribution >= 0.6 is 39.3 Å². The monoisotopic (exact) mass is 370 g/mol. The van der Waals surface area contributed by atoms with Crippen molar-refractivity contribution in [3.63, 3.8) is 0 Å². The zero-order valence-electron chi connectivity index (χ0n) is 11.4. The van der Waals surface area contributed by atoms with Crippen LogP contribution in [0.4, 0.5) is 0 Å². The first kappa shape index (κ1) is 15.8. The maximum atomic E-state index is 5.84. The molecule has 0 fully saturated rings. The average Bonchev–Trinajstić information content (AvgIpc) is 2.41. The molecule has 0 spiro atoms. The topological polar surface area (TPSA) is 24.9 Å². The first-order chi connectivity index (χ1) is 9.54. The van der Waals surface area contributed by atoms with E-state index in [4.69, 9.17) is 11.6 Å². The quantitative estimate of drug-likeness (QED) is 0.787. The van der Waals surface area contributed by atoms with Gasteiger partial charge in [0.25, 0.3) is 0 Å². The molecule has 0 unspecified atom stereocenters. The van der Waals surface area contributed by atoms with Crippen molar-refractivity contribution in [3.8, 4) is 0 Å². The molecule has 1 heterocycles. The summed E-state index contributed by atoms with van der Waals surface area (Å²) in [6, 6.07) is 10.7. The van der Waals surface area contributed by atoms with Crippen LogP contribution in [0.25, 0.3) is 0 Å². The predicted octanol–water partition coefficient (Wildman–Crippen LogP) is 5.15.